The molecule has 166 valence electrons. The second-order valence-corrected chi connectivity index (χ2v) is 8.04. The number of piperazine rings is 1. The first-order valence-corrected chi connectivity index (χ1v) is 11.1. The van der Waals surface area contributed by atoms with Crippen LogP contribution in [0.2, 0.25) is 0 Å². The standard InChI is InChI=1S/C26H30N4O2/c1-27-26(31)24-19-29(17-21-9-3-2-4-10-21)15-16-30(24)18-22-11-5-6-13-25(22)32-20-23-12-7-8-14-28-23/h2-14,24H,15-20H2,1H3,(H,27,31)/t24-/m1/s1. The molecule has 0 bridgehead atoms. The number of nitrogens with one attached hydrogen (secondary N) is 1. The van der Waals surface area contributed by atoms with Gasteiger partial charge in [0.05, 0.1) is 5.69 Å². The van der Waals surface area contributed by atoms with Gasteiger partial charge in [0, 0.05) is 51.5 Å². The Morgan fingerprint density at radius 3 is 2.56 bits per heavy atom. The van der Waals surface area contributed by atoms with E-state index in [1.54, 1.807) is 13.2 Å². The van der Waals surface area contributed by atoms with Gasteiger partial charge in [0.25, 0.3) is 0 Å². The molecular formula is C26H30N4O2. The first-order chi connectivity index (χ1) is 15.7. The molecule has 0 aliphatic carbocycles. The summed E-state index contributed by atoms with van der Waals surface area (Å²) < 4.78 is 6.09. The normalized spacial score (nSPS) is 17.1. The second kappa shape index (κ2) is 10.9. The predicted octanol–water partition coefficient (Wildman–Crippen LogP) is 3.09. The van der Waals surface area contributed by atoms with Gasteiger partial charge in [-0.2, -0.15) is 0 Å². The number of hydrogen-bond acceptors (Lipinski definition) is 5. The minimum Gasteiger partial charge on any atom is -0.487 e. The summed E-state index contributed by atoms with van der Waals surface area (Å²) in [4.78, 5) is 21.7. The Morgan fingerprint density at radius 1 is 1.00 bits per heavy atom. The number of amides is 1. The number of ether oxygens (including phenoxy) is 1. The molecule has 0 saturated carbocycles. The number of nitrogens with zero attached hydrogens (tertiary/aromatic N) is 3. The topological polar surface area (TPSA) is 57.7 Å². The van der Waals surface area contributed by atoms with Gasteiger partial charge in [0.1, 0.15) is 18.4 Å². The third kappa shape index (κ3) is 5.72. The highest BCUT2D eigenvalue weighted by molar-refractivity contribution is 5.81. The SMILES string of the molecule is CNC(=O)[C@H]1CN(Cc2ccccc2)CCN1Cc1ccccc1OCc1ccccn1. The number of benzene rings is 2. The third-order valence-electron chi connectivity index (χ3n) is 5.82. The Morgan fingerprint density at radius 2 is 1.78 bits per heavy atom. The Balaban J connectivity index is 1.44. The van der Waals surface area contributed by atoms with Crippen LogP contribution >= 0.6 is 0 Å². The number of pyridine rings is 1. The van der Waals surface area contributed by atoms with Crippen LogP contribution in [0, 0.1) is 0 Å². The fourth-order valence-corrected chi connectivity index (χ4v) is 4.10. The van der Waals surface area contributed by atoms with Crippen molar-refractivity contribution in [3.8, 4) is 5.75 Å². The summed E-state index contributed by atoms with van der Waals surface area (Å²) in [7, 11) is 1.71. The van der Waals surface area contributed by atoms with Crippen LogP contribution in [0.25, 0.3) is 0 Å². The van der Waals surface area contributed by atoms with Crippen molar-refractivity contribution in [2.45, 2.75) is 25.7 Å². The summed E-state index contributed by atoms with van der Waals surface area (Å²) in [5.74, 6) is 0.884. The molecule has 1 N–H and O–H groups in total. The van der Waals surface area contributed by atoms with Crippen LogP contribution in [-0.4, -0.2) is 53.4 Å². The first kappa shape index (κ1) is 22.0. The van der Waals surface area contributed by atoms with Gasteiger partial charge in [-0.15, -0.1) is 0 Å². The molecule has 0 unspecified atom stereocenters. The van der Waals surface area contributed by atoms with E-state index < -0.39 is 0 Å². The molecule has 3 aromatic rings. The number of hydrogen-bond donors (Lipinski definition) is 1. The maximum atomic E-state index is 12.7. The molecule has 32 heavy (non-hydrogen) atoms. The zero-order valence-electron chi connectivity index (χ0n) is 18.5. The van der Waals surface area contributed by atoms with Crippen molar-refractivity contribution in [1.29, 1.82) is 0 Å². The maximum absolute atomic E-state index is 12.7. The summed E-state index contributed by atoms with van der Waals surface area (Å²) in [6.45, 7) is 4.37. The van der Waals surface area contributed by atoms with E-state index in [0.717, 1.165) is 36.6 Å². The number of likely N-dealkylation sites (N-methyl/N-ethyl adjacent to an activating group) is 1. The molecule has 1 atom stereocenters. The van der Waals surface area contributed by atoms with E-state index in [9.17, 15) is 4.79 Å². The van der Waals surface area contributed by atoms with Crippen LogP contribution in [0.1, 0.15) is 16.8 Å². The molecule has 1 aliphatic heterocycles. The van der Waals surface area contributed by atoms with Gasteiger partial charge in [-0.25, -0.2) is 0 Å². The highest BCUT2D eigenvalue weighted by Crippen LogP contribution is 2.24. The van der Waals surface area contributed by atoms with Crippen LogP contribution in [0.3, 0.4) is 0 Å². The zero-order valence-corrected chi connectivity index (χ0v) is 18.5. The van der Waals surface area contributed by atoms with Gasteiger partial charge in [0.2, 0.25) is 5.91 Å². The quantitative estimate of drug-likeness (QED) is 0.595. The molecule has 1 amide bonds. The molecule has 1 fully saturated rings. The molecule has 4 rings (SSSR count). The van der Waals surface area contributed by atoms with Gasteiger partial charge < -0.3 is 10.1 Å². The van der Waals surface area contributed by atoms with Crippen LogP contribution in [0.4, 0.5) is 0 Å². The van der Waals surface area contributed by atoms with Crippen LogP contribution in [0.5, 0.6) is 5.75 Å². The van der Waals surface area contributed by atoms with Gasteiger partial charge in [-0.05, 0) is 23.8 Å². The van der Waals surface area contributed by atoms with E-state index in [1.165, 1.54) is 5.56 Å². The minimum absolute atomic E-state index is 0.0506. The monoisotopic (exact) mass is 430 g/mol. The van der Waals surface area contributed by atoms with Crippen molar-refractivity contribution in [3.05, 3.63) is 95.8 Å². The molecule has 2 aromatic carbocycles. The molecular weight excluding hydrogens is 400 g/mol. The van der Waals surface area contributed by atoms with Crippen molar-refractivity contribution < 1.29 is 9.53 Å². The van der Waals surface area contributed by atoms with Crippen LogP contribution < -0.4 is 10.1 Å². The van der Waals surface area contributed by atoms with E-state index in [4.69, 9.17) is 4.74 Å². The molecule has 0 spiro atoms. The lowest BCUT2D eigenvalue weighted by atomic mass is 10.1. The predicted molar refractivity (Wildman–Crippen MR) is 125 cm³/mol. The third-order valence-corrected chi connectivity index (χ3v) is 5.82. The number of para-hydroxylation sites is 1. The lowest BCUT2D eigenvalue weighted by molar-refractivity contribution is -0.128. The van der Waals surface area contributed by atoms with Gasteiger partial charge in [-0.3, -0.25) is 19.6 Å². The average Bonchev–Trinajstić information content (AvgIpc) is 2.85. The molecule has 6 heteroatoms. The highest BCUT2D eigenvalue weighted by Gasteiger charge is 2.32. The molecule has 1 saturated heterocycles. The fraction of sp³-hybridized carbons (Fsp3) is 0.308. The summed E-state index contributed by atoms with van der Waals surface area (Å²) in [6, 6.07) is 24.1. The van der Waals surface area contributed by atoms with E-state index in [0.29, 0.717) is 19.7 Å². The minimum atomic E-state index is -0.207. The van der Waals surface area contributed by atoms with Crippen molar-refractivity contribution in [2.75, 3.05) is 26.7 Å². The van der Waals surface area contributed by atoms with Crippen LogP contribution in [-0.2, 0) is 24.5 Å². The Labute approximate surface area is 189 Å². The van der Waals surface area contributed by atoms with E-state index in [2.05, 4.69) is 50.4 Å². The highest BCUT2D eigenvalue weighted by atomic mass is 16.5. The second-order valence-electron chi connectivity index (χ2n) is 8.04. The zero-order chi connectivity index (χ0) is 22.2. The number of carbonyl (C=O) groups is 1. The number of aromatic nitrogens is 1. The van der Waals surface area contributed by atoms with E-state index in [1.807, 2.05) is 42.5 Å². The van der Waals surface area contributed by atoms with E-state index in [-0.39, 0.29) is 11.9 Å². The Kier molecular flexibility index (Phi) is 7.48. The van der Waals surface area contributed by atoms with Crippen molar-refractivity contribution in [1.82, 2.24) is 20.1 Å². The smallest absolute Gasteiger partial charge is 0.238 e. The van der Waals surface area contributed by atoms with Gasteiger partial charge >= 0.3 is 0 Å². The fourth-order valence-electron chi connectivity index (χ4n) is 4.10. The lowest BCUT2D eigenvalue weighted by Crippen LogP contribution is -2.57. The average molecular weight is 431 g/mol. The molecule has 1 aliphatic rings. The largest absolute Gasteiger partial charge is 0.487 e. The summed E-state index contributed by atoms with van der Waals surface area (Å²) in [6.07, 6.45) is 1.77. The summed E-state index contributed by atoms with van der Waals surface area (Å²) in [5.41, 5.74) is 3.23. The number of carbonyl (C=O) groups excluding carboxylic acids is 1. The molecule has 0 radical (unpaired) electrons. The van der Waals surface area contributed by atoms with Crippen molar-refractivity contribution in [3.63, 3.8) is 0 Å². The first-order valence-electron chi connectivity index (χ1n) is 11.1. The van der Waals surface area contributed by atoms with E-state index >= 15 is 0 Å². The molecule has 6 nitrogen and oxygen atoms in total. The summed E-state index contributed by atoms with van der Waals surface area (Å²) >= 11 is 0. The number of rotatable bonds is 8. The lowest BCUT2D eigenvalue weighted by Gasteiger charge is -2.40. The summed E-state index contributed by atoms with van der Waals surface area (Å²) in [5, 5.41) is 2.85. The molecule has 2 heterocycles. The maximum Gasteiger partial charge on any atom is 0.238 e. The molecule has 1 aromatic heterocycles. The van der Waals surface area contributed by atoms with Gasteiger partial charge in [0.15, 0.2) is 0 Å². The van der Waals surface area contributed by atoms with Crippen molar-refractivity contribution >= 4 is 5.91 Å². The Bertz CT molecular complexity index is 997. The van der Waals surface area contributed by atoms with Gasteiger partial charge in [-0.1, -0.05) is 54.6 Å². The van der Waals surface area contributed by atoms with Crippen LogP contribution in [0.15, 0.2) is 79.0 Å². The van der Waals surface area contributed by atoms with Crippen molar-refractivity contribution in [2.24, 2.45) is 0 Å². The Hall–Kier alpha value is -3.22.